The van der Waals surface area contributed by atoms with Crippen LogP contribution in [0.15, 0.2) is 108 Å². The molecule has 6 aromatic rings. The van der Waals surface area contributed by atoms with Crippen molar-refractivity contribution in [1.29, 1.82) is 0 Å². The zero-order valence-corrected chi connectivity index (χ0v) is 43.8. The number of nitro benzene ring substituents is 1. The SMILES string of the molecule is CCc1ccc(CN2CCN(C3CC4(C3)CN(c3ccc(C(=O)NS(=O)(=O)c5ccc(NC[C@H]6CC[C@](C)(O)CC6)c([N+](=O)[O-])c5)c(Oc5cnc6[nH]ccc6c5)c3)C4)[C@H](c3ccccc3C(C)C)C2)cc1OC. The van der Waals surface area contributed by atoms with E-state index in [2.05, 4.69) is 97.9 Å². The Morgan fingerprint density at radius 1 is 0.986 bits per heavy atom. The first-order valence-corrected chi connectivity index (χ1v) is 27.5. The van der Waals surface area contributed by atoms with Gasteiger partial charge in [-0.15, -0.1) is 0 Å². The molecule has 4 aliphatic rings. The maximum Gasteiger partial charge on any atom is 0.293 e. The summed E-state index contributed by atoms with van der Waals surface area (Å²) in [6.45, 7) is 14.4. The molecule has 17 heteroatoms. The minimum atomic E-state index is -4.59. The van der Waals surface area contributed by atoms with Gasteiger partial charge in [-0.25, -0.2) is 18.1 Å². The number of piperazine rings is 1. The van der Waals surface area contributed by atoms with Gasteiger partial charge in [0.05, 0.1) is 34.3 Å². The van der Waals surface area contributed by atoms with Crippen molar-refractivity contribution in [1.82, 2.24) is 24.5 Å². The van der Waals surface area contributed by atoms with Crippen molar-refractivity contribution in [2.24, 2.45) is 11.3 Å². The molecule has 2 aliphatic carbocycles. The predicted octanol–water partition coefficient (Wildman–Crippen LogP) is 9.96. The molecule has 2 saturated heterocycles. The Morgan fingerprint density at radius 2 is 1.77 bits per heavy atom. The van der Waals surface area contributed by atoms with Crippen molar-refractivity contribution in [2.45, 2.75) is 108 Å². The highest BCUT2D eigenvalue weighted by Gasteiger charge is 2.55. The van der Waals surface area contributed by atoms with E-state index in [0.29, 0.717) is 42.7 Å². The lowest BCUT2D eigenvalue weighted by molar-refractivity contribution is -0.384. The summed E-state index contributed by atoms with van der Waals surface area (Å²) in [4.78, 5) is 40.4. The average molecular weight is 1030 g/mol. The van der Waals surface area contributed by atoms with Gasteiger partial charge in [0.15, 0.2) is 0 Å². The van der Waals surface area contributed by atoms with E-state index in [9.17, 15) is 28.4 Å². The fourth-order valence-corrected chi connectivity index (χ4v) is 12.9. The van der Waals surface area contributed by atoms with Crippen LogP contribution in [0.5, 0.6) is 17.2 Å². The number of hydrogen-bond donors (Lipinski definition) is 4. The highest BCUT2D eigenvalue weighted by Crippen LogP contribution is 2.54. The molecule has 1 spiro atoms. The number of nitrogens with one attached hydrogen (secondary N) is 3. The first-order valence-electron chi connectivity index (χ1n) is 26.0. The van der Waals surface area contributed by atoms with Crippen LogP contribution in [0.4, 0.5) is 17.1 Å². The molecule has 4 fully saturated rings. The van der Waals surface area contributed by atoms with Crippen LogP contribution in [0.3, 0.4) is 0 Å². The average Bonchev–Trinajstić information content (AvgIpc) is 3.84. The minimum Gasteiger partial charge on any atom is -0.496 e. The molecule has 0 radical (unpaired) electrons. The van der Waals surface area contributed by atoms with Crippen LogP contribution in [-0.4, -0.2) is 102 Å². The zero-order chi connectivity index (χ0) is 51.9. The summed E-state index contributed by atoms with van der Waals surface area (Å²) in [5.41, 5.74) is 5.91. The number of fused-ring (bicyclic) bond motifs is 1. The third-order valence-corrected chi connectivity index (χ3v) is 17.5. The molecule has 4 aromatic carbocycles. The van der Waals surface area contributed by atoms with Crippen LogP contribution < -0.4 is 24.4 Å². The molecule has 0 bridgehead atoms. The first kappa shape index (κ1) is 51.0. The van der Waals surface area contributed by atoms with Gasteiger partial charge < -0.3 is 29.8 Å². The van der Waals surface area contributed by atoms with E-state index in [1.165, 1.54) is 40.6 Å². The van der Waals surface area contributed by atoms with Crippen molar-refractivity contribution in [3.05, 3.63) is 141 Å². The van der Waals surface area contributed by atoms with Crippen molar-refractivity contribution in [3.63, 3.8) is 0 Å². The summed E-state index contributed by atoms with van der Waals surface area (Å²) in [5.74, 6) is 1.09. The van der Waals surface area contributed by atoms with Crippen molar-refractivity contribution in [3.8, 4) is 17.2 Å². The molecular weight excluding hydrogens is 957 g/mol. The van der Waals surface area contributed by atoms with Gasteiger partial charge >= 0.3 is 0 Å². The number of aromatic nitrogens is 2. The molecular formula is C57H68N8O8S. The number of ether oxygens (including phenoxy) is 2. The number of pyridine rings is 1. The van der Waals surface area contributed by atoms with E-state index in [1.54, 1.807) is 31.5 Å². The van der Waals surface area contributed by atoms with E-state index in [1.807, 2.05) is 19.1 Å². The number of benzene rings is 4. The minimum absolute atomic E-state index is 0.0337. The zero-order valence-electron chi connectivity index (χ0n) is 43.0. The summed E-state index contributed by atoms with van der Waals surface area (Å²) in [6, 6.07) is 28.6. The van der Waals surface area contributed by atoms with Crippen molar-refractivity contribution < 1.29 is 32.7 Å². The van der Waals surface area contributed by atoms with Gasteiger partial charge in [0.25, 0.3) is 21.6 Å². The molecule has 16 nitrogen and oxygen atoms in total. The summed E-state index contributed by atoms with van der Waals surface area (Å²) < 4.78 is 42.0. The first-order chi connectivity index (χ1) is 35.5. The van der Waals surface area contributed by atoms with E-state index >= 15 is 0 Å². The van der Waals surface area contributed by atoms with Crippen LogP contribution in [0, 0.1) is 21.4 Å². The number of nitro groups is 1. The Labute approximate surface area is 433 Å². The maximum absolute atomic E-state index is 14.1. The number of aliphatic hydroxyl groups is 1. The van der Waals surface area contributed by atoms with E-state index in [0.717, 1.165) is 94.3 Å². The fraction of sp³-hybridized carbons (Fsp3) is 0.439. The maximum atomic E-state index is 14.1. The lowest BCUT2D eigenvalue weighted by atomic mass is 9.59. The number of aromatic amines is 1. The third-order valence-electron chi connectivity index (χ3n) is 16.1. The van der Waals surface area contributed by atoms with Gasteiger partial charge in [0.1, 0.15) is 28.6 Å². The molecule has 390 valence electrons. The normalized spacial score (nSPS) is 21.3. The number of aryl methyl sites for hydroxylation is 1. The standard InChI is InChI=1S/C57H68N8O8S/c1-6-40-12-11-39(25-52(40)72-5)33-62-23-24-64(51(34-62)47-10-8-7-9-46(47)37(2)3)43-29-57(30-43)35-63(36-57)42-13-15-48(53(27-42)73-44-26-41-19-22-58-54(41)60-32-44)55(66)61-74(70,71)45-14-16-49(50(28-45)65(68)69)59-31-38-17-20-56(4,67)21-18-38/h7-16,19,22,25-28,32,37-38,43,51,59,67H,6,17-18,20-21,23-24,29-31,33-36H2,1-5H3,(H,58,60)(H,61,66)/t38-,51-,56-/m0/s1. The monoisotopic (exact) mass is 1020 g/mol. The number of amides is 1. The summed E-state index contributed by atoms with van der Waals surface area (Å²) in [5, 5.41) is 26.5. The lowest BCUT2D eigenvalue weighted by Crippen LogP contribution is -2.68. The molecule has 2 aromatic heterocycles. The molecule has 10 rings (SSSR count). The van der Waals surface area contributed by atoms with Gasteiger partial charge in [-0.1, -0.05) is 57.2 Å². The molecule has 2 aliphatic heterocycles. The Kier molecular flexibility index (Phi) is 14.2. The van der Waals surface area contributed by atoms with Crippen LogP contribution in [0.25, 0.3) is 11.0 Å². The van der Waals surface area contributed by atoms with Crippen molar-refractivity contribution >= 4 is 44.0 Å². The van der Waals surface area contributed by atoms with Gasteiger partial charge in [-0.05, 0) is 128 Å². The second-order valence-corrected chi connectivity index (χ2v) is 23.4. The molecule has 4 heterocycles. The van der Waals surface area contributed by atoms with Gasteiger partial charge in [0, 0.05) is 92.7 Å². The molecule has 1 atom stereocenters. The highest BCUT2D eigenvalue weighted by molar-refractivity contribution is 7.90. The predicted molar refractivity (Wildman–Crippen MR) is 287 cm³/mol. The second-order valence-electron chi connectivity index (χ2n) is 21.8. The number of carbonyl (C=O) groups excluding carboxylic acids is 1. The number of sulfonamides is 1. The largest absolute Gasteiger partial charge is 0.496 e. The topological polar surface area (TPSA) is 196 Å². The van der Waals surface area contributed by atoms with E-state index in [-0.39, 0.29) is 34.4 Å². The van der Waals surface area contributed by atoms with E-state index in [4.69, 9.17) is 9.47 Å². The third kappa shape index (κ3) is 10.7. The molecule has 1 amide bonds. The van der Waals surface area contributed by atoms with Crippen LogP contribution in [-0.2, 0) is 23.0 Å². The Hall–Kier alpha value is -6.53. The van der Waals surface area contributed by atoms with Gasteiger partial charge in [0.2, 0.25) is 0 Å². The number of methoxy groups -OCH3 is 1. The Bertz CT molecular complexity index is 3150. The number of anilines is 2. The van der Waals surface area contributed by atoms with Crippen LogP contribution in [0.1, 0.15) is 111 Å². The van der Waals surface area contributed by atoms with E-state index < -0.39 is 37.0 Å². The number of hydrogen-bond acceptors (Lipinski definition) is 13. The number of H-pyrrole nitrogens is 1. The summed E-state index contributed by atoms with van der Waals surface area (Å²) >= 11 is 0. The quantitative estimate of drug-likeness (QED) is 0.0498. The van der Waals surface area contributed by atoms with Crippen LogP contribution in [0.2, 0.25) is 0 Å². The lowest BCUT2D eigenvalue weighted by Gasteiger charge is -2.63. The van der Waals surface area contributed by atoms with Gasteiger partial charge in [-0.2, -0.15) is 0 Å². The molecule has 2 saturated carbocycles. The number of rotatable bonds is 17. The summed E-state index contributed by atoms with van der Waals surface area (Å²) in [7, 11) is -2.84. The van der Waals surface area contributed by atoms with Crippen molar-refractivity contribution in [2.75, 3.05) is 56.6 Å². The molecule has 4 N–H and O–H groups in total. The smallest absolute Gasteiger partial charge is 0.293 e. The Morgan fingerprint density at radius 3 is 2.51 bits per heavy atom. The number of carbonyl (C=O) groups is 1. The second kappa shape index (κ2) is 20.6. The highest BCUT2D eigenvalue weighted by atomic mass is 32.2. The van der Waals surface area contributed by atoms with Crippen LogP contribution >= 0.6 is 0 Å². The van der Waals surface area contributed by atoms with Gasteiger partial charge in [-0.3, -0.25) is 24.7 Å². The molecule has 0 unspecified atom stereocenters. The Balaban J connectivity index is 0.840. The number of nitrogens with zero attached hydrogens (tertiary/aromatic N) is 5. The fourth-order valence-electron chi connectivity index (χ4n) is 11.9. The summed E-state index contributed by atoms with van der Waals surface area (Å²) in [6.07, 6.45) is 9.17. The molecule has 74 heavy (non-hydrogen) atoms.